The standard InChI is InChI=1S/C18H26N2O5/c1-5-25-18(22)19-14-7-6-8-20(11-14)17(21)13-9-15(23-3)12(2)16(10-13)24-4/h9-10,14H,5-8,11H2,1-4H3,(H,19,22)/t14-/m0/s1. The minimum Gasteiger partial charge on any atom is -0.496 e. The summed E-state index contributed by atoms with van der Waals surface area (Å²) >= 11 is 0. The van der Waals surface area contributed by atoms with Crippen LogP contribution < -0.4 is 14.8 Å². The lowest BCUT2D eigenvalue weighted by atomic mass is 10.0. The van der Waals surface area contributed by atoms with Gasteiger partial charge in [-0.3, -0.25) is 4.79 Å². The van der Waals surface area contributed by atoms with Crippen molar-refractivity contribution in [2.75, 3.05) is 33.9 Å². The van der Waals surface area contributed by atoms with Gasteiger partial charge in [-0.05, 0) is 38.8 Å². The Morgan fingerprint density at radius 2 is 1.88 bits per heavy atom. The first-order chi connectivity index (χ1) is 12.0. The molecule has 0 aromatic heterocycles. The highest BCUT2D eigenvalue weighted by Crippen LogP contribution is 2.30. The van der Waals surface area contributed by atoms with Crippen LogP contribution in [0.25, 0.3) is 0 Å². The average Bonchev–Trinajstić information content (AvgIpc) is 2.61. The van der Waals surface area contributed by atoms with Gasteiger partial charge >= 0.3 is 6.09 Å². The topological polar surface area (TPSA) is 77.1 Å². The Morgan fingerprint density at radius 1 is 1.24 bits per heavy atom. The summed E-state index contributed by atoms with van der Waals surface area (Å²) in [4.78, 5) is 26.2. The molecular weight excluding hydrogens is 324 g/mol. The van der Waals surface area contributed by atoms with E-state index in [1.807, 2.05) is 6.92 Å². The first-order valence-corrected chi connectivity index (χ1v) is 8.45. The van der Waals surface area contributed by atoms with Crippen molar-refractivity contribution in [1.29, 1.82) is 0 Å². The second-order valence-corrected chi connectivity index (χ2v) is 5.96. The molecule has 0 spiro atoms. The summed E-state index contributed by atoms with van der Waals surface area (Å²) in [5.41, 5.74) is 1.36. The van der Waals surface area contributed by atoms with Crippen molar-refractivity contribution in [3.05, 3.63) is 23.3 Å². The molecule has 138 valence electrons. The number of methoxy groups -OCH3 is 2. The summed E-state index contributed by atoms with van der Waals surface area (Å²) in [7, 11) is 3.13. The van der Waals surface area contributed by atoms with E-state index in [-0.39, 0.29) is 11.9 Å². The van der Waals surface area contributed by atoms with Crippen LogP contribution in [0.5, 0.6) is 11.5 Å². The van der Waals surface area contributed by atoms with Crippen LogP contribution in [0.1, 0.15) is 35.7 Å². The van der Waals surface area contributed by atoms with Crippen molar-refractivity contribution in [3.8, 4) is 11.5 Å². The van der Waals surface area contributed by atoms with Crippen molar-refractivity contribution in [3.63, 3.8) is 0 Å². The molecule has 0 aliphatic carbocycles. The van der Waals surface area contributed by atoms with Gasteiger partial charge in [0, 0.05) is 30.3 Å². The van der Waals surface area contributed by atoms with E-state index in [1.54, 1.807) is 38.2 Å². The summed E-state index contributed by atoms with van der Waals surface area (Å²) in [5, 5.41) is 2.81. The molecule has 1 heterocycles. The van der Waals surface area contributed by atoms with Gasteiger partial charge in [-0.1, -0.05) is 0 Å². The van der Waals surface area contributed by atoms with Crippen LogP contribution in [0.2, 0.25) is 0 Å². The quantitative estimate of drug-likeness (QED) is 0.882. The largest absolute Gasteiger partial charge is 0.496 e. The summed E-state index contributed by atoms with van der Waals surface area (Å²) in [6.45, 7) is 5.07. The predicted molar refractivity (Wildman–Crippen MR) is 93.4 cm³/mol. The van der Waals surface area contributed by atoms with Crippen molar-refractivity contribution in [1.82, 2.24) is 10.2 Å². The molecule has 25 heavy (non-hydrogen) atoms. The number of hydrogen-bond acceptors (Lipinski definition) is 5. The molecular formula is C18H26N2O5. The van der Waals surface area contributed by atoms with Crippen molar-refractivity contribution >= 4 is 12.0 Å². The zero-order valence-electron chi connectivity index (χ0n) is 15.3. The molecule has 7 nitrogen and oxygen atoms in total. The number of rotatable bonds is 5. The SMILES string of the molecule is CCOC(=O)N[C@H]1CCCN(C(=O)c2cc(OC)c(C)c(OC)c2)C1. The van der Waals surface area contributed by atoms with E-state index in [4.69, 9.17) is 14.2 Å². The fraction of sp³-hybridized carbons (Fsp3) is 0.556. The van der Waals surface area contributed by atoms with E-state index in [0.29, 0.717) is 36.8 Å². The van der Waals surface area contributed by atoms with Gasteiger partial charge in [0.05, 0.1) is 20.8 Å². The lowest BCUT2D eigenvalue weighted by Crippen LogP contribution is -2.49. The zero-order chi connectivity index (χ0) is 18.4. The van der Waals surface area contributed by atoms with Gasteiger partial charge in [0.25, 0.3) is 5.91 Å². The summed E-state index contributed by atoms with van der Waals surface area (Å²) in [6.07, 6.45) is 1.20. The Kier molecular flexibility index (Phi) is 6.50. The number of nitrogens with one attached hydrogen (secondary N) is 1. The van der Waals surface area contributed by atoms with Crippen LogP contribution in [0.4, 0.5) is 4.79 Å². The van der Waals surface area contributed by atoms with Gasteiger partial charge in [-0.15, -0.1) is 0 Å². The molecule has 0 radical (unpaired) electrons. The number of piperidine rings is 1. The highest BCUT2D eigenvalue weighted by atomic mass is 16.5. The van der Waals surface area contributed by atoms with Crippen LogP contribution in [0.3, 0.4) is 0 Å². The Hall–Kier alpha value is -2.44. The van der Waals surface area contributed by atoms with E-state index >= 15 is 0 Å². The number of amides is 2. The maximum atomic E-state index is 12.9. The lowest BCUT2D eigenvalue weighted by Gasteiger charge is -2.33. The van der Waals surface area contributed by atoms with Crippen LogP contribution in [-0.4, -0.2) is 56.9 Å². The van der Waals surface area contributed by atoms with E-state index in [2.05, 4.69) is 5.32 Å². The molecule has 1 saturated heterocycles. The number of ether oxygens (including phenoxy) is 3. The van der Waals surface area contributed by atoms with Gasteiger partial charge in [0.1, 0.15) is 11.5 Å². The first-order valence-electron chi connectivity index (χ1n) is 8.45. The minimum absolute atomic E-state index is 0.105. The summed E-state index contributed by atoms with van der Waals surface area (Å²) < 4.78 is 15.6. The Labute approximate surface area is 148 Å². The predicted octanol–water partition coefficient (Wildman–Crippen LogP) is 2.36. The maximum Gasteiger partial charge on any atom is 0.407 e. The molecule has 1 N–H and O–H groups in total. The second-order valence-electron chi connectivity index (χ2n) is 5.96. The monoisotopic (exact) mass is 350 g/mol. The Morgan fingerprint density at radius 3 is 2.44 bits per heavy atom. The molecule has 1 fully saturated rings. The Bertz CT molecular complexity index is 607. The fourth-order valence-corrected chi connectivity index (χ4v) is 3.01. The number of nitrogens with zero attached hydrogens (tertiary/aromatic N) is 1. The first kappa shape index (κ1) is 18.9. The molecule has 0 saturated carbocycles. The molecule has 2 rings (SSSR count). The van der Waals surface area contributed by atoms with Gasteiger partial charge in [0.2, 0.25) is 0 Å². The van der Waals surface area contributed by atoms with E-state index in [0.717, 1.165) is 18.4 Å². The van der Waals surface area contributed by atoms with Gasteiger partial charge in [-0.2, -0.15) is 0 Å². The maximum absolute atomic E-state index is 12.9. The zero-order valence-corrected chi connectivity index (χ0v) is 15.3. The fourth-order valence-electron chi connectivity index (χ4n) is 3.01. The number of likely N-dealkylation sites (tertiary alicyclic amines) is 1. The number of carbonyl (C=O) groups is 2. The summed E-state index contributed by atoms with van der Waals surface area (Å²) in [6, 6.07) is 3.34. The molecule has 1 aliphatic heterocycles. The van der Waals surface area contributed by atoms with Gasteiger partial charge in [0.15, 0.2) is 0 Å². The third kappa shape index (κ3) is 4.55. The van der Waals surface area contributed by atoms with Crippen molar-refractivity contribution < 1.29 is 23.8 Å². The normalized spacial score (nSPS) is 17.0. The molecule has 1 atom stereocenters. The molecule has 2 amide bonds. The third-order valence-electron chi connectivity index (χ3n) is 4.31. The van der Waals surface area contributed by atoms with Crippen LogP contribution in [-0.2, 0) is 4.74 Å². The number of hydrogen-bond donors (Lipinski definition) is 1. The van der Waals surface area contributed by atoms with Crippen LogP contribution in [0, 0.1) is 6.92 Å². The average molecular weight is 350 g/mol. The van der Waals surface area contributed by atoms with E-state index in [1.165, 1.54) is 0 Å². The van der Waals surface area contributed by atoms with E-state index < -0.39 is 6.09 Å². The summed E-state index contributed by atoms with van der Waals surface area (Å²) in [5.74, 6) is 1.12. The molecule has 1 aromatic rings. The highest BCUT2D eigenvalue weighted by molar-refractivity contribution is 5.95. The van der Waals surface area contributed by atoms with Crippen molar-refractivity contribution in [2.24, 2.45) is 0 Å². The molecule has 0 bridgehead atoms. The van der Waals surface area contributed by atoms with Gasteiger partial charge < -0.3 is 24.4 Å². The molecule has 7 heteroatoms. The van der Waals surface area contributed by atoms with E-state index in [9.17, 15) is 9.59 Å². The highest BCUT2D eigenvalue weighted by Gasteiger charge is 2.26. The number of carbonyl (C=O) groups excluding carboxylic acids is 2. The smallest absolute Gasteiger partial charge is 0.407 e. The third-order valence-corrected chi connectivity index (χ3v) is 4.31. The van der Waals surface area contributed by atoms with Crippen LogP contribution >= 0.6 is 0 Å². The molecule has 1 aromatic carbocycles. The van der Waals surface area contributed by atoms with Crippen molar-refractivity contribution in [2.45, 2.75) is 32.7 Å². The molecule has 0 unspecified atom stereocenters. The number of benzene rings is 1. The lowest BCUT2D eigenvalue weighted by molar-refractivity contribution is 0.0685. The van der Waals surface area contributed by atoms with Gasteiger partial charge in [-0.25, -0.2) is 4.79 Å². The van der Waals surface area contributed by atoms with Crippen LogP contribution in [0.15, 0.2) is 12.1 Å². The molecule has 1 aliphatic rings. The number of alkyl carbamates (subject to hydrolysis) is 1. The Balaban J connectivity index is 2.13. The minimum atomic E-state index is -0.444. The second kappa shape index (κ2) is 8.60.